The van der Waals surface area contributed by atoms with Crippen LogP contribution in [0.25, 0.3) is 0 Å². The van der Waals surface area contributed by atoms with Gasteiger partial charge in [-0.2, -0.15) is 0 Å². The standard InChI is InChI=1S/C26H30O7/c1-14(2)6-5-7-15(3)8-9-17-18(27)12-22-24(25(17)30)19(28)13-21(33-22)16-10-20(29)26(31)23(11-16)32-4/h6,8,10-12,21,27,29-31H,5,7,9,13H2,1-4H3. The van der Waals surface area contributed by atoms with E-state index in [2.05, 4.69) is 6.08 Å². The maximum absolute atomic E-state index is 12.9. The van der Waals surface area contributed by atoms with Crippen LogP contribution in [-0.4, -0.2) is 33.3 Å². The number of hydrogen-bond donors (Lipinski definition) is 4. The summed E-state index contributed by atoms with van der Waals surface area (Å²) in [5, 5.41) is 41.1. The van der Waals surface area contributed by atoms with Crippen molar-refractivity contribution in [1.29, 1.82) is 0 Å². The Hall–Kier alpha value is -3.61. The highest BCUT2D eigenvalue weighted by atomic mass is 16.5. The number of phenolic OH excluding ortho intramolecular Hbond substituents is 4. The van der Waals surface area contributed by atoms with Crippen molar-refractivity contribution in [2.45, 2.75) is 52.6 Å². The molecule has 0 saturated heterocycles. The summed E-state index contributed by atoms with van der Waals surface area (Å²) < 4.78 is 10.9. The molecule has 7 nitrogen and oxygen atoms in total. The summed E-state index contributed by atoms with van der Waals surface area (Å²) in [6.07, 6.45) is 5.28. The van der Waals surface area contributed by atoms with Crippen LogP contribution in [0.15, 0.2) is 41.5 Å². The van der Waals surface area contributed by atoms with Crippen molar-refractivity contribution in [3.8, 4) is 34.5 Å². The molecular formula is C26H30O7. The largest absolute Gasteiger partial charge is 0.507 e. The average molecular weight is 455 g/mol. The van der Waals surface area contributed by atoms with Gasteiger partial charge in [-0.1, -0.05) is 23.3 Å². The van der Waals surface area contributed by atoms with E-state index in [4.69, 9.17) is 9.47 Å². The van der Waals surface area contributed by atoms with Crippen LogP contribution in [0.2, 0.25) is 0 Å². The minimum atomic E-state index is -0.785. The molecule has 176 valence electrons. The van der Waals surface area contributed by atoms with Crippen LogP contribution >= 0.6 is 0 Å². The monoisotopic (exact) mass is 454 g/mol. The Bertz CT molecular complexity index is 1120. The normalized spacial score (nSPS) is 15.6. The Morgan fingerprint density at radius 2 is 1.79 bits per heavy atom. The molecule has 1 aliphatic heterocycles. The van der Waals surface area contributed by atoms with Crippen molar-refractivity contribution < 1.29 is 34.7 Å². The first-order chi connectivity index (χ1) is 15.6. The molecule has 1 aliphatic rings. The van der Waals surface area contributed by atoms with Gasteiger partial charge in [0.2, 0.25) is 5.75 Å². The van der Waals surface area contributed by atoms with Gasteiger partial charge in [0.1, 0.15) is 28.9 Å². The molecule has 1 unspecified atom stereocenters. The average Bonchev–Trinajstić information content (AvgIpc) is 2.74. The number of fused-ring (bicyclic) bond motifs is 1. The summed E-state index contributed by atoms with van der Waals surface area (Å²) in [6.45, 7) is 6.09. The van der Waals surface area contributed by atoms with Gasteiger partial charge >= 0.3 is 0 Å². The molecule has 0 aliphatic carbocycles. The zero-order chi connectivity index (χ0) is 24.3. The first-order valence-corrected chi connectivity index (χ1v) is 10.8. The number of hydrogen-bond acceptors (Lipinski definition) is 7. The third-order valence-electron chi connectivity index (χ3n) is 5.68. The van der Waals surface area contributed by atoms with Crippen LogP contribution in [0.5, 0.6) is 34.5 Å². The molecule has 0 spiro atoms. The lowest BCUT2D eigenvalue weighted by atomic mass is 9.92. The lowest BCUT2D eigenvalue weighted by Crippen LogP contribution is -2.21. The molecule has 2 aromatic rings. The minimum Gasteiger partial charge on any atom is -0.507 e. The summed E-state index contributed by atoms with van der Waals surface area (Å²) >= 11 is 0. The number of methoxy groups -OCH3 is 1. The van der Waals surface area contributed by atoms with Crippen LogP contribution in [0.3, 0.4) is 0 Å². The molecule has 7 heteroatoms. The predicted molar refractivity (Wildman–Crippen MR) is 125 cm³/mol. The van der Waals surface area contributed by atoms with Crippen LogP contribution in [0.1, 0.15) is 67.6 Å². The van der Waals surface area contributed by atoms with E-state index < -0.39 is 17.6 Å². The van der Waals surface area contributed by atoms with E-state index >= 15 is 0 Å². The zero-order valence-corrected chi connectivity index (χ0v) is 19.3. The van der Waals surface area contributed by atoms with Gasteiger partial charge in [-0.05, 0) is 52.2 Å². The van der Waals surface area contributed by atoms with Gasteiger partial charge in [-0.3, -0.25) is 4.79 Å². The summed E-state index contributed by atoms with van der Waals surface area (Å²) in [4.78, 5) is 12.9. The number of phenols is 4. The van der Waals surface area contributed by atoms with E-state index in [0.717, 1.165) is 18.4 Å². The Labute approximate surface area is 193 Å². The fourth-order valence-electron chi connectivity index (χ4n) is 3.81. The van der Waals surface area contributed by atoms with Gasteiger partial charge in [0.05, 0.1) is 13.5 Å². The van der Waals surface area contributed by atoms with Gasteiger partial charge < -0.3 is 29.9 Å². The van der Waals surface area contributed by atoms with E-state index in [9.17, 15) is 25.2 Å². The maximum atomic E-state index is 12.9. The first-order valence-electron chi connectivity index (χ1n) is 10.8. The van der Waals surface area contributed by atoms with Gasteiger partial charge in [-0.25, -0.2) is 0 Å². The van der Waals surface area contributed by atoms with Crippen molar-refractivity contribution in [2.24, 2.45) is 0 Å². The number of carbonyl (C=O) groups excluding carboxylic acids is 1. The number of ketones is 1. The first kappa shape index (κ1) is 24.0. The van der Waals surface area contributed by atoms with Gasteiger partial charge in [0, 0.05) is 17.2 Å². The van der Waals surface area contributed by atoms with E-state index in [1.165, 1.54) is 30.9 Å². The second kappa shape index (κ2) is 9.90. The van der Waals surface area contributed by atoms with E-state index in [1.807, 2.05) is 26.8 Å². The number of carbonyl (C=O) groups is 1. The summed E-state index contributed by atoms with van der Waals surface area (Å²) in [6, 6.07) is 4.09. The lowest BCUT2D eigenvalue weighted by Gasteiger charge is -2.27. The minimum absolute atomic E-state index is 0.0320. The third kappa shape index (κ3) is 5.25. The topological polar surface area (TPSA) is 116 Å². The molecular weight excluding hydrogens is 424 g/mol. The summed E-state index contributed by atoms with van der Waals surface area (Å²) in [5.74, 6) is -1.51. The van der Waals surface area contributed by atoms with E-state index in [1.54, 1.807) is 0 Å². The fourth-order valence-corrected chi connectivity index (χ4v) is 3.81. The Morgan fingerprint density at radius 3 is 2.45 bits per heavy atom. The highest BCUT2D eigenvalue weighted by molar-refractivity contribution is 6.03. The molecule has 1 atom stereocenters. The molecule has 0 radical (unpaired) electrons. The smallest absolute Gasteiger partial charge is 0.200 e. The van der Waals surface area contributed by atoms with Crippen molar-refractivity contribution >= 4 is 5.78 Å². The molecule has 2 aromatic carbocycles. The third-order valence-corrected chi connectivity index (χ3v) is 5.68. The second-order valence-electron chi connectivity index (χ2n) is 8.50. The Balaban J connectivity index is 1.87. The van der Waals surface area contributed by atoms with Crippen molar-refractivity contribution in [3.05, 3.63) is 58.2 Å². The highest BCUT2D eigenvalue weighted by Crippen LogP contribution is 2.46. The van der Waals surface area contributed by atoms with Gasteiger partial charge in [0.15, 0.2) is 17.3 Å². The van der Waals surface area contributed by atoms with Crippen LogP contribution < -0.4 is 9.47 Å². The molecule has 4 N–H and O–H groups in total. The maximum Gasteiger partial charge on any atom is 0.200 e. The molecule has 1 heterocycles. The predicted octanol–water partition coefficient (Wildman–Crippen LogP) is 5.46. The molecule has 0 bridgehead atoms. The molecule has 0 amide bonds. The van der Waals surface area contributed by atoms with Gasteiger partial charge in [0.25, 0.3) is 0 Å². The number of aromatic hydroxyl groups is 4. The summed E-state index contributed by atoms with van der Waals surface area (Å²) in [7, 11) is 1.34. The molecule has 0 saturated carbocycles. The SMILES string of the molecule is COc1cc(C2CC(=O)c3c(cc(O)c(CC=C(C)CCC=C(C)C)c3O)O2)cc(O)c1O. The lowest BCUT2D eigenvalue weighted by molar-refractivity contribution is 0.0843. The summed E-state index contributed by atoms with van der Waals surface area (Å²) in [5.41, 5.74) is 3.09. The zero-order valence-electron chi connectivity index (χ0n) is 19.3. The quantitative estimate of drug-likeness (QED) is 0.324. The second-order valence-corrected chi connectivity index (χ2v) is 8.50. The molecule has 0 aromatic heterocycles. The van der Waals surface area contributed by atoms with Gasteiger partial charge in [-0.15, -0.1) is 0 Å². The van der Waals surface area contributed by atoms with E-state index in [-0.39, 0.29) is 52.7 Å². The highest BCUT2D eigenvalue weighted by Gasteiger charge is 2.33. The van der Waals surface area contributed by atoms with Crippen LogP contribution in [0.4, 0.5) is 0 Å². The van der Waals surface area contributed by atoms with E-state index in [0.29, 0.717) is 5.56 Å². The number of benzene rings is 2. The Kier molecular flexibility index (Phi) is 7.21. The molecule has 33 heavy (non-hydrogen) atoms. The number of ether oxygens (including phenoxy) is 2. The van der Waals surface area contributed by atoms with Crippen molar-refractivity contribution in [1.82, 2.24) is 0 Å². The van der Waals surface area contributed by atoms with Crippen molar-refractivity contribution in [2.75, 3.05) is 7.11 Å². The van der Waals surface area contributed by atoms with Crippen LogP contribution in [-0.2, 0) is 6.42 Å². The molecule has 3 rings (SSSR count). The Morgan fingerprint density at radius 1 is 1.06 bits per heavy atom. The number of rotatable bonds is 7. The fraction of sp³-hybridized carbons (Fsp3) is 0.346. The number of allylic oxidation sites excluding steroid dienone is 4. The molecule has 0 fully saturated rings. The van der Waals surface area contributed by atoms with Crippen LogP contribution in [0, 0.1) is 0 Å². The number of Topliss-reactive ketones (excluding diaryl/α,β-unsaturated/α-hetero) is 1. The van der Waals surface area contributed by atoms with Crippen molar-refractivity contribution in [3.63, 3.8) is 0 Å².